The van der Waals surface area contributed by atoms with Crippen LogP contribution in [0.4, 0.5) is 0 Å². The Morgan fingerprint density at radius 3 is 2.00 bits per heavy atom. The Morgan fingerprint density at radius 1 is 0.667 bits per heavy atom. The Balaban J connectivity index is 0.000000771. The Morgan fingerprint density at radius 2 is 1.33 bits per heavy atom. The molecule has 0 saturated carbocycles. The van der Waals surface area contributed by atoms with Gasteiger partial charge in [0.05, 0.1) is 0 Å². The number of benzene rings is 2. The summed E-state index contributed by atoms with van der Waals surface area (Å²) in [5.74, 6) is 0. The smallest absolute Gasteiger partial charge is 0.0149 e. The average Bonchev–Trinajstić information content (AvgIpc) is 2.38. The van der Waals surface area contributed by atoms with Crippen LogP contribution in [0, 0.1) is 27.7 Å². The lowest BCUT2D eigenvalue weighted by atomic mass is 9.93. The van der Waals surface area contributed by atoms with Crippen LogP contribution in [-0.4, -0.2) is 0 Å². The summed E-state index contributed by atoms with van der Waals surface area (Å²) in [7, 11) is 0. The van der Waals surface area contributed by atoms with Crippen LogP contribution in [0.3, 0.4) is 0 Å². The summed E-state index contributed by atoms with van der Waals surface area (Å²) < 4.78 is 0. The molecule has 0 fully saturated rings. The first-order valence-corrected chi connectivity index (χ1v) is 6.73. The molecule has 0 heteroatoms. The van der Waals surface area contributed by atoms with E-state index in [0.717, 1.165) is 0 Å². The van der Waals surface area contributed by atoms with E-state index >= 15 is 0 Å². The van der Waals surface area contributed by atoms with Gasteiger partial charge in [0, 0.05) is 0 Å². The van der Waals surface area contributed by atoms with Crippen LogP contribution in [0.1, 0.15) is 36.1 Å². The lowest BCUT2D eigenvalue weighted by Gasteiger charge is -2.12. The highest BCUT2D eigenvalue weighted by molar-refractivity contribution is 5.72. The molecule has 0 aliphatic heterocycles. The molecule has 0 aliphatic rings. The molecular formula is C18H24. The van der Waals surface area contributed by atoms with Crippen LogP contribution in [0.25, 0.3) is 11.1 Å². The Bertz CT molecular complexity index is 522. The van der Waals surface area contributed by atoms with Crippen molar-refractivity contribution in [3.8, 4) is 11.1 Å². The van der Waals surface area contributed by atoms with Crippen LogP contribution in [0.15, 0.2) is 36.4 Å². The van der Waals surface area contributed by atoms with Gasteiger partial charge in [-0.1, -0.05) is 55.8 Å². The molecule has 0 nitrogen and oxygen atoms in total. The normalized spacial score (nSPS) is 9.67. The zero-order chi connectivity index (χ0) is 13.7. The molecule has 0 aliphatic carbocycles. The monoisotopic (exact) mass is 240 g/mol. The van der Waals surface area contributed by atoms with E-state index in [-0.39, 0.29) is 0 Å². The molecular weight excluding hydrogens is 216 g/mol. The zero-order valence-electron chi connectivity index (χ0n) is 12.5. The quantitative estimate of drug-likeness (QED) is 0.607. The maximum Gasteiger partial charge on any atom is -0.0149 e. The number of hydrogen-bond acceptors (Lipinski definition) is 0. The van der Waals surface area contributed by atoms with Crippen LogP contribution < -0.4 is 0 Å². The van der Waals surface area contributed by atoms with E-state index in [1.165, 1.54) is 33.4 Å². The number of aryl methyl sites for hydroxylation is 3. The number of hydrogen-bond donors (Lipinski definition) is 0. The lowest BCUT2D eigenvalue weighted by molar-refractivity contribution is 1.32. The fourth-order valence-corrected chi connectivity index (χ4v) is 2.07. The van der Waals surface area contributed by atoms with Crippen molar-refractivity contribution >= 4 is 0 Å². The van der Waals surface area contributed by atoms with Gasteiger partial charge in [0.25, 0.3) is 0 Å². The topological polar surface area (TPSA) is 0 Å². The SMILES string of the molecule is CC.Cc1ccc(C)c(-c2cccc(C)c2C)c1. The van der Waals surface area contributed by atoms with Crippen molar-refractivity contribution in [3.63, 3.8) is 0 Å². The van der Waals surface area contributed by atoms with Gasteiger partial charge in [-0.15, -0.1) is 0 Å². The summed E-state index contributed by atoms with van der Waals surface area (Å²) in [5.41, 5.74) is 8.14. The summed E-state index contributed by atoms with van der Waals surface area (Å²) >= 11 is 0. The highest BCUT2D eigenvalue weighted by Gasteiger charge is 2.06. The molecule has 0 atom stereocenters. The van der Waals surface area contributed by atoms with E-state index < -0.39 is 0 Å². The minimum absolute atomic E-state index is 1.32. The van der Waals surface area contributed by atoms with E-state index in [0.29, 0.717) is 0 Å². The second-order valence-corrected chi connectivity index (χ2v) is 4.57. The molecule has 0 radical (unpaired) electrons. The highest BCUT2D eigenvalue weighted by Crippen LogP contribution is 2.28. The first-order valence-electron chi connectivity index (χ1n) is 6.73. The molecule has 96 valence electrons. The molecule has 2 aromatic rings. The van der Waals surface area contributed by atoms with E-state index in [4.69, 9.17) is 0 Å². The molecule has 18 heavy (non-hydrogen) atoms. The minimum Gasteiger partial charge on any atom is -0.0683 e. The van der Waals surface area contributed by atoms with E-state index in [2.05, 4.69) is 64.1 Å². The van der Waals surface area contributed by atoms with Crippen molar-refractivity contribution in [2.45, 2.75) is 41.5 Å². The standard InChI is InChI=1S/C16H18.C2H6/c1-11-8-9-13(3)16(10-11)15-7-5-6-12(2)14(15)4;1-2/h5-10H,1-4H3;1-2H3. The second kappa shape index (κ2) is 6.39. The molecule has 0 aromatic heterocycles. The van der Waals surface area contributed by atoms with E-state index in [9.17, 15) is 0 Å². The first kappa shape index (κ1) is 14.5. The second-order valence-electron chi connectivity index (χ2n) is 4.57. The maximum absolute atomic E-state index is 2.27. The van der Waals surface area contributed by atoms with Crippen molar-refractivity contribution in [2.24, 2.45) is 0 Å². The summed E-state index contributed by atoms with van der Waals surface area (Å²) in [6.45, 7) is 12.7. The van der Waals surface area contributed by atoms with E-state index in [1.807, 2.05) is 13.8 Å². The summed E-state index contributed by atoms with van der Waals surface area (Å²) in [6, 6.07) is 13.2. The van der Waals surface area contributed by atoms with Gasteiger partial charge in [0.15, 0.2) is 0 Å². The highest BCUT2D eigenvalue weighted by atomic mass is 14.1. The van der Waals surface area contributed by atoms with Gasteiger partial charge in [-0.05, 0) is 55.5 Å². The lowest BCUT2D eigenvalue weighted by Crippen LogP contribution is -1.90. The molecule has 0 spiro atoms. The molecule has 2 rings (SSSR count). The third-order valence-electron chi connectivity index (χ3n) is 3.29. The van der Waals surface area contributed by atoms with Gasteiger partial charge in [-0.3, -0.25) is 0 Å². The van der Waals surface area contributed by atoms with Crippen molar-refractivity contribution in [2.75, 3.05) is 0 Å². The van der Waals surface area contributed by atoms with Crippen molar-refractivity contribution in [1.29, 1.82) is 0 Å². The molecule has 2 aromatic carbocycles. The summed E-state index contributed by atoms with van der Waals surface area (Å²) in [6.07, 6.45) is 0. The molecule has 0 N–H and O–H groups in total. The molecule has 0 bridgehead atoms. The fourth-order valence-electron chi connectivity index (χ4n) is 2.07. The largest absolute Gasteiger partial charge is 0.0683 e. The van der Waals surface area contributed by atoms with Crippen LogP contribution in [0.2, 0.25) is 0 Å². The minimum atomic E-state index is 1.32. The van der Waals surface area contributed by atoms with Crippen molar-refractivity contribution < 1.29 is 0 Å². The van der Waals surface area contributed by atoms with Gasteiger partial charge in [-0.25, -0.2) is 0 Å². The van der Waals surface area contributed by atoms with Crippen LogP contribution in [0.5, 0.6) is 0 Å². The molecule has 0 heterocycles. The maximum atomic E-state index is 2.27. The summed E-state index contributed by atoms with van der Waals surface area (Å²) in [4.78, 5) is 0. The predicted molar refractivity (Wildman–Crippen MR) is 82.2 cm³/mol. The van der Waals surface area contributed by atoms with Gasteiger partial charge < -0.3 is 0 Å². The van der Waals surface area contributed by atoms with Crippen LogP contribution in [-0.2, 0) is 0 Å². The van der Waals surface area contributed by atoms with Gasteiger partial charge >= 0.3 is 0 Å². The van der Waals surface area contributed by atoms with Crippen molar-refractivity contribution in [1.82, 2.24) is 0 Å². The predicted octanol–water partition coefficient (Wildman–Crippen LogP) is 5.61. The Labute approximate surface area is 112 Å². The number of rotatable bonds is 1. The van der Waals surface area contributed by atoms with Gasteiger partial charge in [-0.2, -0.15) is 0 Å². The third-order valence-corrected chi connectivity index (χ3v) is 3.29. The average molecular weight is 240 g/mol. The zero-order valence-corrected chi connectivity index (χ0v) is 12.5. The Kier molecular flexibility index (Phi) is 5.15. The van der Waals surface area contributed by atoms with Crippen molar-refractivity contribution in [3.05, 3.63) is 58.7 Å². The van der Waals surface area contributed by atoms with Gasteiger partial charge in [0.1, 0.15) is 0 Å². The first-order chi connectivity index (χ1) is 8.59. The van der Waals surface area contributed by atoms with Gasteiger partial charge in [0.2, 0.25) is 0 Å². The fraction of sp³-hybridized carbons (Fsp3) is 0.333. The third kappa shape index (κ3) is 3.01. The summed E-state index contributed by atoms with van der Waals surface area (Å²) in [5, 5.41) is 0. The Hall–Kier alpha value is -1.56. The molecule has 0 saturated heterocycles. The van der Waals surface area contributed by atoms with E-state index in [1.54, 1.807) is 0 Å². The van der Waals surface area contributed by atoms with Crippen LogP contribution >= 0.6 is 0 Å². The molecule has 0 amide bonds. The molecule has 0 unspecified atom stereocenters.